The fourth-order valence-electron chi connectivity index (χ4n) is 2.35. The van der Waals surface area contributed by atoms with Crippen molar-refractivity contribution in [3.63, 3.8) is 0 Å². The highest BCUT2D eigenvalue weighted by Crippen LogP contribution is 2.22. The van der Waals surface area contributed by atoms with E-state index >= 15 is 0 Å². The van der Waals surface area contributed by atoms with Crippen molar-refractivity contribution >= 4 is 34.0 Å². The molecule has 0 aliphatic rings. The number of carboxylic acid groups (broad SMARTS) is 1. The molecule has 0 radical (unpaired) electrons. The highest BCUT2D eigenvalue weighted by molar-refractivity contribution is 9.10. The van der Waals surface area contributed by atoms with Gasteiger partial charge in [-0.1, -0.05) is 40.2 Å². The summed E-state index contributed by atoms with van der Waals surface area (Å²) in [5.74, 6) is -0.164. The molecule has 1 aromatic heterocycles. The molecule has 3 aromatic rings. The van der Waals surface area contributed by atoms with Gasteiger partial charge in [0.2, 0.25) is 5.91 Å². The van der Waals surface area contributed by atoms with E-state index in [0.717, 1.165) is 15.6 Å². The summed E-state index contributed by atoms with van der Waals surface area (Å²) in [6, 6.07) is 17.3. The van der Waals surface area contributed by atoms with Gasteiger partial charge in [-0.15, -0.1) is 0 Å². The number of hydrazone groups is 1. The first-order valence-electron chi connectivity index (χ1n) is 8.01. The molecule has 136 valence electrons. The van der Waals surface area contributed by atoms with Crippen LogP contribution in [0.25, 0.3) is 11.3 Å². The summed E-state index contributed by atoms with van der Waals surface area (Å²) in [6.45, 7) is 0. The highest BCUT2D eigenvalue weighted by atomic mass is 79.9. The maximum Gasteiger partial charge on any atom is 0.335 e. The van der Waals surface area contributed by atoms with Crippen LogP contribution in [0.3, 0.4) is 0 Å². The standard InChI is InChI=1S/C20H15BrN2O4/c21-16-7-1-13(2-8-16)11-19(24)23-22-12-17-9-10-18(27-17)14-3-5-15(6-4-14)20(25)26/h1-10,12H,11H2,(H,23,24)(H,25,26)/b22-12-. The fourth-order valence-corrected chi connectivity index (χ4v) is 2.61. The van der Waals surface area contributed by atoms with Crippen molar-refractivity contribution < 1.29 is 19.1 Å². The minimum Gasteiger partial charge on any atom is -0.478 e. The Hall–Kier alpha value is -3.19. The van der Waals surface area contributed by atoms with Gasteiger partial charge in [-0.3, -0.25) is 4.79 Å². The third-order valence-electron chi connectivity index (χ3n) is 3.70. The van der Waals surface area contributed by atoms with Gasteiger partial charge in [0.25, 0.3) is 0 Å². The van der Waals surface area contributed by atoms with Gasteiger partial charge in [0.1, 0.15) is 11.5 Å². The van der Waals surface area contributed by atoms with Crippen LogP contribution in [0.15, 0.2) is 74.7 Å². The number of carboxylic acids is 1. The zero-order valence-corrected chi connectivity index (χ0v) is 15.6. The third kappa shape index (κ3) is 5.15. The van der Waals surface area contributed by atoms with Crippen molar-refractivity contribution in [3.05, 3.63) is 82.0 Å². The van der Waals surface area contributed by atoms with Crippen LogP contribution in [0.4, 0.5) is 0 Å². The molecule has 2 aromatic carbocycles. The molecule has 3 rings (SSSR count). The molecular formula is C20H15BrN2O4. The summed E-state index contributed by atoms with van der Waals surface area (Å²) in [4.78, 5) is 22.8. The number of nitrogens with zero attached hydrogens (tertiary/aromatic N) is 1. The van der Waals surface area contributed by atoms with Crippen molar-refractivity contribution in [2.45, 2.75) is 6.42 Å². The molecular weight excluding hydrogens is 412 g/mol. The number of aromatic carboxylic acids is 1. The molecule has 0 saturated carbocycles. The monoisotopic (exact) mass is 426 g/mol. The molecule has 0 fully saturated rings. The number of rotatable bonds is 6. The number of furan rings is 1. The van der Waals surface area contributed by atoms with Crippen LogP contribution in [0.5, 0.6) is 0 Å². The average molecular weight is 427 g/mol. The maximum atomic E-state index is 11.9. The van der Waals surface area contributed by atoms with Crippen LogP contribution >= 0.6 is 15.9 Å². The van der Waals surface area contributed by atoms with Gasteiger partial charge in [0.05, 0.1) is 18.2 Å². The van der Waals surface area contributed by atoms with Crippen molar-refractivity contribution in [1.29, 1.82) is 0 Å². The number of hydrogen-bond donors (Lipinski definition) is 2. The van der Waals surface area contributed by atoms with Crippen LogP contribution in [-0.2, 0) is 11.2 Å². The second kappa shape index (κ2) is 8.46. The van der Waals surface area contributed by atoms with Gasteiger partial charge < -0.3 is 9.52 Å². The smallest absolute Gasteiger partial charge is 0.335 e. The topological polar surface area (TPSA) is 91.9 Å². The van der Waals surface area contributed by atoms with Crippen molar-refractivity contribution in [1.82, 2.24) is 5.43 Å². The lowest BCUT2D eigenvalue weighted by Gasteiger charge is -2.00. The van der Waals surface area contributed by atoms with E-state index in [2.05, 4.69) is 26.5 Å². The molecule has 6 nitrogen and oxygen atoms in total. The second-order valence-electron chi connectivity index (χ2n) is 5.68. The Morgan fingerprint density at radius 1 is 1.04 bits per heavy atom. The highest BCUT2D eigenvalue weighted by Gasteiger charge is 2.07. The molecule has 27 heavy (non-hydrogen) atoms. The molecule has 0 bridgehead atoms. The minimum atomic E-state index is -0.979. The molecule has 1 heterocycles. The SMILES string of the molecule is O=C(Cc1ccc(Br)cc1)N/N=C\c1ccc(-c2ccc(C(=O)O)cc2)o1. The molecule has 0 aliphatic carbocycles. The van der Waals surface area contributed by atoms with Crippen LogP contribution < -0.4 is 5.43 Å². The van der Waals surface area contributed by atoms with E-state index in [-0.39, 0.29) is 17.9 Å². The summed E-state index contributed by atoms with van der Waals surface area (Å²) in [5, 5.41) is 12.8. The van der Waals surface area contributed by atoms with Crippen LogP contribution in [0.1, 0.15) is 21.7 Å². The lowest BCUT2D eigenvalue weighted by molar-refractivity contribution is -0.120. The quantitative estimate of drug-likeness (QED) is 0.458. The summed E-state index contributed by atoms with van der Waals surface area (Å²) in [7, 11) is 0. The Balaban J connectivity index is 1.57. The zero-order chi connectivity index (χ0) is 19.2. The summed E-state index contributed by atoms with van der Waals surface area (Å²) < 4.78 is 6.58. The number of carbonyl (C=O) groups excluding carboxylic acids is 1. The van der Waals surface area contributed by atoms with Crippen molar-refractivity contribution in [2.24, 2.45) is 5.10 Å². The molecule has 7 heteroatoms. The average Bonchev–Trinajstić information content (AvgIpc) is 3.12. The van der Waals surface area contributed by atoms with Gasteiger partial charge in [-0.25, -0.2) is 10.2 Å². The zero-order valence-electron chi connectivity index (χ0n) is 14.1. The van der Waals surface area contributed by atoms with E-state index in [9.17, 15) is 9.59 Å². The van der Waals surface area contributed by atoms with E-state index in [1.54, 1.807) is 24.3 Å². The van der Waals surface area contributed by atoms with Crippen LogP contribution in [0.2, 0.25) is 0 Å². The van der Waals surface area contributed by atoms with Gasteiger partial charge in [0, 0.05) is 10.0 Å². The first kappa shape index (κ1) is 18.6. The third-order valence-corrected chi connectivity index (χ3v) is 4.23. The lowest BCUT2D eigenvalue weighted by atomic mass is 10.1. The summed E-state index contributed by atoms with van der Waals surface area (Å²) in [6.07, 6.45) is 1.64. The number of hydrogen-bond acceptors (Lipinski definition) is 4. The van der Waals surface area contributed by atoms with Crippen LogP contribution in [0, 0.1) is 0 Å². The minimum absolute atomic E-state index is 0.209. The van der Waals surface area contributed by atoms with E-state index in [0.29, 0.717) is 11.5 Å². The molecule has 0 aliphatic heterocycles. The Bertz CT molecular complexity index is 976. The molecule has 1 amide bonds. The number of benzene rings is 2. The maximum absolute atomic E-state index is 11.9. The largest absolute Gasteiger partial charge is 0.478 e. The number of halogens is 1. The second-order valence-corrected chi connectivity index (χ2v) is 6.60. The molecule has 0 saturated heterocycles. The van der Waals surface area contributed by atoms with Crippen molar-refractivity contribution in [3.8, 4) is 11.3 Å². The Kier molecular flexibility index (Phi) is 5.83. The first-order chi connectivity index (χ1) is 13.0. The molecule has 0 atom stereocenters. The van der Waals surface area contributed by atoms with Crippen molar-refractivity contribution in [2.75, 3.05) is 0 Å². The van der Waals surface area contributed by atoms with Gasteiger partial charge in [-0.2, -0.15) is 5.10 Å². The molecule has 2 N–H and O–H groups in total. The number of nitrogens with one attached hydrogen (secondary N) is 1. The Morgan fingerprint density at radius 2 is 1.74 bits per heavy atom. The van der Waals surface area contributed by atoms with Gasteiger partial charge >= 0.3 is 5.97 Å². The number of amides is 1. The van der Waals surface area contributed by atoms with E-state index < -0.39 is 5.97 Å². The molecule has 0 unspecified atom stereocenters. The predicted molar refractivity (Wildman–Crippen MR) is 105 cm³/mol. The molecule has 0 spiro atoms. The van der Waals surface area contributed by atoms with E-state index in [1.807, 2.05) is 24.3 Å². The van der Waals surface area contributed by atoms with E-state index in [4.69, 9.17) is 9.52 Å². The lowest BCUT2D eigenvalue weighted by Crippen LogP contribution is -2.19. The first-order valence-corrected chi connectivity index (χ1v) is 8.80. The fraction of sp³-hybridized carbons (Fsp3) is 0.0500. The van der Waals surface area contributed by atoms with Gasteiger partial charge in [0.15, 0.2) is 0 Å². The Morgan fingerprint density at radius 3 is 2.41 bits per heavy atom. The Labute approximate surface area is 163 Å². The predicted octanol–water partition coefficient (Wildman–Crippen LogP) is 4.10. The van der Waals surface area contributed by atoms with Gasteiger partial charge in [-0.05, 0) is 42.0 Å². The van der Waals surface area contributed by atoms with Crippen LogP contribution in [-0.4, -0.2) is 23.2 Å². The summed E-state index contributed by atoms with van der Waals surface area (Å²) >= 11 is 3.35. The summed E-state index contributed by atoms with van der Waals surface area (Å²) in [5.41, 5.74) is 4.30. The normalized spacial score (nSPS) is 10.9. The number of carbonyl (C=O) groups is 2. The van der Waals surface area contributed by atoms with E-state index in [1.165, 1.54) is 18.3 Å².